The zero-order valence-corrected chi connectivity index (χ0v) is 13.1. The first-order chi connectivity index (χ1) is 12.0. The lowest BCUT2D eigenvalue weighted by atomic mass is 10.1. The summed E-state index contributed by atoms with van der Waals surface area (Å²) < 4.78 is 28.4. The van der Waals surface area contributed by atoms with E-state index in [9.17, 15) is 18.4 Å². The maximum atomic E-state index is 13.9. The number of halogens is 2. The van der Waals surface area contributed by atoms with Gasteiger partial charge in [0.15, 0.2) is 0 Å². The first-order valence-corrected chi connectivity index (χ1v) is 7.78. The second-order valence-electron chi connectivity index (χ2n) is 5.87. The predicted octanol–water partition coefficient (Wildman–Crippen LogP) is 2.17. The minimum absolute atomic E-state index is 0.0216. The predicted molar refractivity (Wildman–Crippen MR) is 86.3 cm³/mol. The molecule has 4 rings (SSSR count). The Bertz CT molecular complexity index is 1060. The van der Waals surface area contributed by atoms with E-state index in [-0.39, 0.29) is 12.1 Å². The molecular formula is C18H13F2N3O2. The summed E-state index contributed by atoms with van der Waals surface area (Å²) in [6.07, 6.45) is 1.46. The average Bonchev–Trinajstić information content (AvgIpc) is 2.62. The van der Waals surface area contributed by atoms with E-state index in [4.69, 9.17) is 0 Å². The number of carbonyl (C=O) groups is 1. The molecular weight excluding hydrogens is 328 g/mol. The molecule has 0 fully saturated rings. The van der Waals surface area contributed by atoms with Crippen LogP contribution in [-0.2, 0) is 13.0 Å². The number of rotatable bonds is 1. The van der Waals surface area contributed by atoms with Crippen LogP contribution in [0.25, 0.3) is 5.65 Å². The highest BCUT2D eigenvalue weighted by atomic mass is 19.1. The topological polar surface area (TPSA) is 54.7 Å². The van der Waals surface area contributed by atoms with E-state index in [2.05, 4.69) is 4.98 Å². The van der Waals surface area contributed by atoms with Gasteiger partial charge in [0.2, 0.25) is 0 Å². The molecule has 1 aliphatic rings. The minimum atomic E-state index is -0.603. The van der Waals surface area contributed by atoms with Gasteiger partial charge >= 0.3 is 0 Å². The minimum Gasteiger partial charge on any atom is -0.334 e. The van der Waals surface area contributed by atoms with Crippen LogP contribution in [0.5, 0.6) is 0 Å². The number of benzene rings is 1. The molecule has 0 spiro atoms. The fourth-order valence-corrected chi connectivity index (χ4v) is 3.05. The Labute approximate surface area is 141 Å². The fourth-order valence-electron chi connectivity index (χ4n) is 3.05. The van der Waals surface area contributed by atoms with Crippen molar-refractivity contribution in [3.63, 3.8) is 0 Å². The zero-order valence-electron chi connectivity index (χ0n) is 13.1. The molecule has 0 aliphatic carbocycles. The van der Waals surface area contributed by atoms with Gasteiger partial charge in [-0.3, -0.25) is 14.0 Å². The van der Waals surface area contributed by atoms with Crippen LogP contribution in [0.3, 0.4) is 0 Å². The zero-order chi connectivity index (χ0) is 17.6. The lowest BCUT2D eigenvalue weighted by molar-refractivity contribution is 0.0728. The average molecular weight is 341 g/mol. The smallest absolute Gasteiger partial charge is 0.263 e. The molecule has 0 bridgehead atoms. The Morgan fingerprint density at radius 3 is 2.72 bits per heavy atom. The van der Waals surface area contributed by atoms with Crippen molar-refractivity contribution in [2.24, 2.45) is 0 Å². The van der Waals surface area contributed by atoms with Crippen molar-refractivity contribution in [1.82, 2.24) is 14.3 Å². The lowest BCUT2D eigenvalue weighted by Crippen LogP contribution is -2.40. The number of amides is 1. The molecule has 1 amide bonds. The van der Waals surface area contributed by atoms with Crippen molar-refractivity contribution in [1.29, 1.82) is 0 Å². The van der Waals surface area contributed by atoms with Gasteiger partial charge in [-0.2, -0.15) is 0 Å². The van der Waals surface area contributed by atoms with Gasteiger partial charge in [-0.25, -0.2) is 13.8 Å². The van der Waals surface area contributed by atoms with Crippen LogP contribution in [-0.4, -0.2) is 26.7 Å². The fraction of sp³-hybridized carbons (Fsp3) is 0.167. The summed E-state index contributed by atoms with van der Waals surface area (Å²) in [7, 11) is 0. The van der Waals surface area contributed by atoms with Gasteiger partial charge in [0.25, 0.3) is 11.5 Å². The Hall–Kier alpha value is -3.09. The van der Waals surface area contributed by atoms with E-state index in [1.54, 1.807) is 6.07 Å². The summed E-state index contributed by atoms with van der Waals surface area (Å²) in [5, 5.41) is 0. The van der Waals surface area contributed by atoms with E-state index in [1.807, 2.05) is 0 Å². The third kappa shape index (κ3) is 2.57. The van der Waals surface area contributed by atoms with Gasteiger partial charge in [-0.05, 0) is 24.3 Å². The summed E-state index contributed by atoms with van der Waals surface area (Å²) in [5.74, 6) is -1.63. The summed E-state index contributed by atoms with van der Waals surface area (Å²) >= 11 is 0. The summed E-state index contributed by atoms with van der Waals surface area (Å²) in [4.78, 5) is 31.0. The number of pyridine rings is 1. The van der Waals surface area contributed by atoms with Crippen molar-refractivity contribution < 1.29 is 13.6 Å². The maximum absolute atomic E-state index is 13.9. The molecule has 2 aromatic heterocycles. The van der Waals surface area contributed by atoms with Gasteiger partial charge < -0.3 is 4.90 Å². The van der Waals surface area contributed by atoms with Crippen LogP contribution < -0.4 is 5.56 Å². The molecule has 5 nitrogen and oxygen atoms in total. The molecule has 0 atom stereocenters. The van der Waals surface area contributed by atoms with Crippen LogP contribution in [0.1, 0.15) is 21.6 Å². The van der Waals surface area contributed by atoms with E-state index < -0.39 is 23.1 Å². The van der Waals surface area contributed by atoms with Crippen LogP contribution in [0.2, 0.25) is 0 Å². The molecule has 126 valence electrons. The highest BCUT2D eigenvalue weighted by Crippen LogP contribution is 2.19. The molecule has 0 unspecified atom stereocenters. The van der Waals surface area contributed by atoms with Gasteiger partial charge in [-0.15, -0.1) is 0 Å². The second-order valence-corrected chi connectivity index (χ2v) is 5.87. The summed E-state index contributed by atoms with van der Waals surface area (Å²) in [6, 6.07) is 8.40. The van der Waals surface area contributed by atoms with Crippen LogP contribution in [0.4, 0.5) is 8.78 Å². The van der Waals surface area contributed by atoms with Crippen LogP contribution in [0, 0.1) is 11.6 Å². The van der Waals surface area contributed by atoms with Gasteiger partial charge in [-0.1, -0.05) is 12.1 Å². The second kappa shape index (κ2) is 5.77. The SMILES string of the molecule is O=C(c1ccccc1F)N1CCc2nc3ccc(F)cn3c(=O)c2C1. The Kier molecular flexibility index (Phi) is 3.56. The van der Waals surface area contributed by atoms with Crippen molar-refractivity contribution in [2.75, 3.05) is 6.54 Å². The third-order valence-electron chi connectivity index (χ3n) is 4.32. The number of hydrogen-bond donors (Lipinski definition) is 0. The summed E-state index contributed by atoms with van der Waals surface area (Å²) in [5.41, 5.74) is 0.837. The molecule has 25 heavy (non-hydrogen) atoms. The maximum Gasteiger partial charge on any atom is 0.263 e. The normalized spacial score (nSPS) is 13.8. The highest BCUT2D eigenvalue weighted by molar-refractivity contribution is 5.94. The standard InChI is InChI=1S/C18H13F2N3O2/c19-11-5-6-16-21-15-7-8-22(10-13(15)18(25)23(16)9-11)17(24)12-3-1-2-4-14(12)20/h1-6,9H,7-8,10H2. The Morgan fingerprint density at radius 2 is 1.92 bits per heavy atom. The third-order valence-corrected chi connectivity index (χ3v) is 4.32. The van der Waals surface area contributed by atoms with E-state index in [1.165, 1.54) is 35.2 Å². The molecule has 1 aromatic carbocycles. The van der Waals surface area contributed by atoms with Crippen LogP contribution >= 0.6 is 0 Å². The Balaban J connectivity index is 1.75. The number of hydrogen-bond acceptors (Lipinski definition) is 3. The Morgan fingerprint density at radius 1 is 1.12 bits per heavy atom. The van der Waals surface area contributed by atoms with Gasteiger partial charge in [0, 0.05) is 19.2 Å². The molecule has 1 aliphatic heterocycles. The molecule has 0 radical (unpaired) electrons. The molecule has 3 heterocycles. The number of aromatic nitrogens is 2. The van der Waals surface area contributed by atoms with Crippen molar-refractivity contribution in [3.05, 3.63) is 81.4 Å². The van der Waals surface area contributed by atoms with Gasteiger partial charge in [0.1, 0.15) is 17.3 Å². The first-order valence-electron chi connectivity index (χ1n) is 7.78. The molecule has 3 aromatic rings. The van der Waals surface area contributed by atoms with E-state index in [0.29, 0.717) is 29.9 Å². The number of carbonyl (C=O) groups excluding carboxylic acids is 1. The number of fused-ring (bicyclic) bond motifs is 2. The highest BCUT2D eigenvalue weighted by Gasteiger charge is 2.27. The van der Waals surface area contributed by atoms with E-state index in [0.717, 1.165) is 10.6 Å². The molecule has 0 saturated carbocycles. The first kappa shape index (κ1) is 15.4. The van der Waals surface area contributed by atoms with Crippen molar-refractivity contribution >= 4 is 11.6 Å². The number of nitrogens with zero attached hydrogens (tertiary/aromatic N) is 3. The molecule has 7 heteroatoms. The molecule has 0 saturated heterocycles. The van der Waals surface area contributed by atoms with Crippen molar-refractivity contribution in [2.45, 2.75) is 13.0 Å². The van der Waals surface area contributed by atoms with Crippen molar-refractivity contribution in [3.8, 4) is 0 Å². The van der Waals surface area contributed by atoms with Gasteiger partial charge in [0.05, 0.1) is 23.4 Å². The molecule has 0 N–H and O–H groups in total. The quantitative estimate of drug-likeness (QED) is 0.682. The lowest BCUT2D eigenvalue weighted by Gasteiger charge is -2.28. The monoisotopic (exact) mass is 341 g/mol. The van der Waals surface area contributed by atoms with Crippen LogP contribution in [0.15, 0.2) is 47.4 Å². The van der Waals surface area contributed by atoms with E-state index >= 15 is 0 Å². The largest absolute Gasteiger partial charge is 0.334 e. The summed E-state index contributed by atoms with van der Waals surface area (Å²) in [6.45, 7) is 0.359.